The largest absolute Gasteiger partial charge is 0.313 e. The van der Waals surface area contributed by atoms with Gasteiger partial charge in [-0.25, -0.2) is 0 Å². The first kappa shape index (κ1) is 13.9. The molecular formula is C13H18N4OS. The highest BCUT2D eigenvalue weighted by Crippen LogP contribution is 2.19. The number of H-pyrrole nitrogens is 1. The summed E-state index contributed by atoms with van der Waals surface area (Å²) in [6.45, 7) is 1.61. The van der Waals surface area contributed by atoms with E-state index in [1.165, 1.54) is 0 Å². The van der Waals surface area contributed by atoms with Gasteiger partial charge in [0.2, 0.25) is 0 Å². The van der Waals surface area contributed by atoms with Gasteiger partial charge < -0.3 is 5.32 Å². The fraction of sp³-hybridized carbons (Fsp3) is 0.385. The lowest BCUT2D eigenvalue weighted by Crippen LogP contribution is -2.16. The molecular weight excluding hydrogens is 260 g/mol. The van der Waals surface area contributed by atoms with Gasteiger partial charge in [-0.3, -0.25) is 14.3 Å². The highest BCUT2D eigenvalue weighted by atomic mass is 32.2. The molecule has 0 aromatic carbocycles. The summed E-state index contributed by atoms with van der Waals surface area (Å²) >= 11 is 0. The molecule has 0 saturated carbocycles. The van der Waals surface area contributed by atoms with Gasteiger partial charge >= 0.3 is 0 Å². The van der Waals surface area contributed by atoms with Crippen LogP contribution in [0.1, 0.15) is 12.0 Å². The molecule has 19 heavy (non-hydrogen) atoms. The van der Waals surface area contributed by atoms with Gasteiger partial charge in [0.05, 0.1) is 11.9 Å². The third-order valence-electron chi connectivity index (χ3n) is 2.77. The molecule has 2 aromatic rings. The van der Waals surface area contributed by atoms with Crippen LogP contribution in [-0.4, -0.2) is 37.9 Å². The molecule has 0 bridgehead atoms. The van der Waals surface area contributed by atoms with E-state index < -0.39 is 10.8 Å². The number of aromatic amines is 1. The average Bonchev–Trinajstić information content (AvgIpc) is 2.87. The number of rotatable bonds is 7. The van der Waals surface area contributed by atoms with Gasteiger partial charge in [0.1, 0.15) is 0 Å². The summed E-state index contributed by atoms with van der Waals surface area (Å²) < 4.78 is 10.9. The smallest absolute Gasteiger partial charge is 0.0710 e. The van der Waals surface area contributed by atoms with Crippen LogP contribution in [0, 0.1) is 0 Å². The summed E-state index contributed by atoms with van der Waals surface area (Å²) in [5, 5.41) is 10.4. The molecule has 0 radical (unpaired) electrons. The molecule has 0 amide bonds. The molecule has 1 atom stereocenters. The van der Waals surface area contributed by atoms with Gasteiger partial charge in [-0.1, -0.05) is 0 Å². The fourth-order valence-corrected chi connectivity index (χ4v) is 2.38. The van der Waals surface area contributed by atoms with E-state index in [1.807, 2.05) is 24.5 Å². The number of nitrogens with one attached hydrogen (secondary N) is 2. The topological polar surface area (TPSA) is 70.7 Å². The second-order valence-corrected chi connectivity index (χ2v) is 5.87. The van der Waals surface area contributed by atoms with E-state index in [9.17, 15) is 4.21 Å². The Balaban J connectivity index is 1.88. The fourth-order valence-electron chi connectivity index (χ4n) is 1.83. The number of pyridine rings is 1. The minimum absolute atomic E-state index is 0.707. The highest BCUT2D eigenvalue weighted by Gasteiger charge is 2.06. The maximum Gasteiger partial charge on any atom is 0.0710 e. The van der Waals surface area contributed by atoms with Crippen molar-refractivity contribution in [3.63, 3.8) is 0 Å². The van der Waals surface area contributed by atoms with Gasteiger partial charge in [0.15, 0.2) is 0 Å². The minimum Gasteiger partial charge on any atom is -0.313 e. The number of aromatic nitrogens is 3. The van der Waals surface area contributed by atoms with E-state index in [2.05, 4.69) is 20.5 Å². The summed E-state index contributed by atoms with van der Waals surface area (Å²) in [7, 11) is -0.707. The van der Waals surface area contributed by atoms with Crippen molar-refractivity contribution in [2.24, 2.45) is 0 Å². The van der Waals surface area contributed by atoms with Crippen LogP contribution in [0.3, 0.4) is 0 Å². The van der Waals surface area contributed by atoms with Crippen LogP contribution in [0.5, 0.6) is 0 Å². The van der Waals surface area contributed by atoms with Crippen molar-refractivity contribution >= 4 is 10.8 Å². The molecule has 2 N–H and O–H groups in total. The Kier molecular flexibility index (Phi) is 5.23. The lowest BCUT2D eigenvalue weighted by atomic mass is 10.1. The Morgan fingerprint density at radius 2 is 2.32 bits per heavy atom. The average molecular weight is 278 g/mol. The van der Waals surface area contributed by atoms with Gasteiger partial charge in [0, 0.05) is 52.9 Å². The van der Waals surface area contributed by atoms with Gasteiger partial charge in [0.25, 0.3) is 0 Å². The molecule has 0 aliphatic carbocycles. The van der Waals surface area contributed by atoms with Crippen LogP contribution >= 0.6 is 0 Å². The molecule has 2 heterocycles. The van der Waals surface area contributed by atoms with E-state index in [0.717, 1.165) is 42.1 Å². The van der Waals surface area contributed by atoms with Crippen molar-refractivity contribution in [1.82, 2.24) is 20.5 Å². The summed E-state index contributed by atoms with van der Waals surface area (Å²) in [6.07, 6.45) is 8.05. The Morgan fingerprint density at radius 1 is 1.42 bits per heavy atom. The van der Waals surface area contributed by atoms with Crippen molar-refractivity contribution in [3.05, 3.63) is 36.3 Å². The predicted molar refractivity (Wildman–Crippen MR) is 77.1 cm³/mol. The number of nitrogens with zero attached hydrogens (tertiary/aromatic N) is 2. The minimum atomic E-state index is -0.707. The van der Waals surface area contributed by atoms with E-state index in [4.69, 9.17) is 0 Å². The van der Waals surface area contributed by atoms with Crippen molar-refractivity contribution in [2.75, 3.05) is 18.6 Å². The van der Waals surface area contributed by atoms with E-state index in [-0.39, 0.29) is 0 Å². The van der Waals surface area contributed by atoms with Gasteiger partial charge in [-0.05, 0) is 25.1 Å². The van der Waals surface area contributed by atoms with Crippen LogP contribution in [-0.2, 0) is 17.3 Å². The second kappa shape index (κ2) is 7.16. The summed E-state index contributed by atoms with van der Waals surface area (Å²) in [5.74, 6) is 0.744. The molecule has 2 aromatic heterocycles. The second-order valence-electron chi connectivity index (χ2n) is 4.32. The molecule has 0 aliphatic rings. The normalized spacial score (nSPS) is 12.5. The molecule has 0 fully saturated rings. The van der Waals surface area contributed by atoms with E-state index >= 15 is 0 Å². The molecule has 0 spiro atoms. The first-order chi connectivity index (χ1) is 9.27. The van der Waals surface area contributed by atoms with Crippen LogP contribution in [0.25, 0.3) is 11.3 Å². The predicted octanol–water partition coefficient (Wildman–Crippen LogP) is 1.33. The van der Waals surface area contributed by atoms with Gasteiger partial charge in [-0.15, -0.1) is 0 Å². The molecule has 6 heteroatoms. The first-order valence-electron chi connectivity index (χ1n) is 6.21. The van der Waals surface area contributed by atoms with E-state index in [1.54, 1.807) is 12.5 Å². The zero-order chi connectivity index (χ0) is 13.5. The molecule has 2 rings (SSSR count). The third kappa shape index (κ3) is 4.25. The third-order valence-corrected chi connectivity index (χ3v) is 3.63. The first-order valence-corrected chi connectivity index (χ1v) is 7.93. The quantitative estimate of drug-likeness (QED) is 0.750. The number of hydrogen-bond donors (Lipinski definition) is 2. The Hall–Kier alpha value is -1.53. The lowest BCUT2D eigenvalue weighted by molar-refractivity contribution is 0.662. The van der Waals surface area contributed by atoms with Crippen LogP contribution < -0.4 is 5.32 Å². The van der Waals surface area contributed by atoms with Crippen molar-refractivity contribution in [3.8, 4) is 11.3 Å². The molecule has 5 nitrogen and oxygen atoms in total. The Morgan fingerprint density at radius 3 is 3.05 bits per heavy atom. The number of hydrogen-bond acceptors (Lipinski definition) is 4. The Bertz CT molecular complexity index is 526. The zero-order valence-corrected chi connectivity index (χ0v) is 11.7. The van der Waals surface area contributed by atoms with Crippen molar-refractivity contribution in [1.29, 1.82) is 0 Å². The standard InChI is InChI=1S/C13H18N4OS/c1-19(18)7-3-6-15-9-12-10-16-17-13(12)11-4-2-5-14-8-11/h2,4-5,8,10,15H,3,6-7,9H2,1H3,(H,16,17). The Labute approximate surface area is 115 Å². The van der Waals surface area contributed by atoms with Crippen molar-refractivity contribution < 1.29 is 4.21 Å². The van der Waals surface area contributed by atoms with Crippen LogP contribution in [0.15, 0.2) is 30.7 Å². The summed E-state index contributed by atoms with van der Waals surface area (Å²) in [6, 6.07) is 3.91. The maximum absolute atomic E-state index is 10.9. The zero-order valence-electron chi connectivity index (χ0n) is 10.9. The van der Waals surface area contributed by atoms with Crippen LogP contribution in [0.4, 0.5) is 0 Å². The summed E-state index contributed by atoms with van der Waals surface area (Å²) in [5.41, 5.74) is 3.15. The lowest BCUT2D eigenvalue weighted by Gasteiger charge is -2.05. The maximum atomic E-state index is 10.9. The monoisotopic (exact) mass is 278 g/mol. The molecule has 1 unspecified atom stereocenters. The van der Waals surface area contributed by atoms with Crippen LogP contribution in [0.2, 0.25) is 0 Å². The van der Waals surface area contributed by atoms with Crippen molar-refractivity contribution in [2.45, 2.75) is 13.0 Å². The molecule has 0 aliphatic heterocycles. The summed E-state index contributed by atoms with van der Waals surface area (Å²) in [4.78, 5) is 4.11. The molecule has 0 saturated heterocycles. The van der Waals surface area contributed by atoms with E-state index in [0.29, 0.717) is 0 Å². The molecule has 102 valence electrons. The highest BCUT2D eigenvalue weighted by molar-refractivity contribution is 7.84. The SMILES string of the molecule is CS(=O)CCCNCc1cn[nH]c1-c1cccnc1. The van der Waals surface area contributed by atoms with Gasteiger partial charge in [-0.2, -0.15) is 5.10 Å².